The van der Waals surface area contributed by atoms with E-state index in [9.17, 15) is 9.59 Å². The summed E-state index contributed by atoms with van der Waals surface area (Å²) >= 11 is 0. The summed E-state index contributed by atoms with van der Waals surface area (Å²) in [5.41, 5.74) is 5.21. The fraction of sp³-hybridized carbons (Fsp3) is 0.818. The Morgan fingerprint density at radius 3 is 2.47 bits per heavy atom. The first-order valence-electron chi connectivity index (χ1n) is 6.11. The van der Waals surface area contributed by atoms with Crippen molar-refractivity contribution >= 4 is 11.8 Å². The van der Waals surface area contributed by atoms with Crippen LogP contribution in [0.15, 0.2) is 0 Å². The molecular weight excluding hydrogens is 222 g/mol. The maximum atomic E-state index is 11.3. The second-order valence-corrected chi connectivity index (χ2v) is 4.08. The van der Waals surface area contributed by atoms with E-state index in [1.165, 1.54) is 6.42 Å². The van der Waals surface area contributed by atoms with Gasteiger partial charge in [-0.3, -0.25) is 9.59 Å². The lowest BCUT2D eigenvalue weighted by atomic mass is 10.1. The molecule has 0 radical (unpaired) electrons. The third-order valence-electron chi connectivity index (χ3n) is 2.66. The monoisotopic (exact) mass is 243 g/mol. The zero-order valence-corrected chi connectivity index (χ0v) is 10.0. The number of carbonyl (C=O) groups is 2. The zero-order valence-electron chi connectivity index (χ0n) is 10.0. The summed E-state index contributed by atoms with van der Waals surface area (Å²) in [7, 11) is 0. The average molecular weight is 243 g/mol. The van der Waals surface area contributed by atoms with Gasteiger partial charge in [-0.1, -0.05) is 0 Å². The highest BCUT2D eigenvalue weighted by Crippen LogP contribution is 2.14. The van der Waals surface area contributed by atoms with Crippen LogP contribution >= 0.6 is 0 Å². The number of hydrogen-bond donors (Lipinski definition) is 3. The number of ether oxygens (including phenoxy) is 1. The predicted octanol–water partition coefficient (Wildman–Crippen LogP) is -0.863. The Labute approximate surface area is 101 Å². The van der Waals surface area contributed by atoms with E-state index in [2.05, 4.69) is 10.6 Å². The molecule has 2 amide bonds. The van der Waals surface area contributed by atoms with E-state index >= 15 is 0 Å². The summed E-state index contributed by atoms with van der Waals surface area (Å²) in [5.74, 6) is -1.23. The zero-order chi connectivity index (χ0) is 12.5. The maximum Gasteiger partial charge on any atom is 0.309 e. The van der Waals surface area contributed by atoms with Crippen LogP contribution in [0.1, 0.15) is 25.7 Å². The van der Waals surface area contributed by atoms with Crippen molar-refractivity contribution in [2.75, 3.05) is 26.2 Å². The fourth-order valence-electron chi connectivity index (χ4n) is 1.73. The Morgan fingerprint density at radius 1 is 1.18 bits per heavy atom. The molecule has 0 aromatic carbocycles. The Kier molecular flexibility index (Phi) is 6.57. The summed E-state index contributed by atoms with van der Waals surface area (Å²) in [6, 6.07) is 0. The van der Waals surface area contributed by atoms with Crippen molar-refractivity contribution in [3.8, 4) is 0 Å². The first kappa shape index (κ1) is 13.9. The number of amides is 2. The molecule has 1 atom stereocenters. The largest absolute Gasteiger partial charge is 0.378 e. The molecule has 0 spiro atoms. The fourth-order valence-corrected chi connectivity index (χ4v) is 1.73. The van der Waals surface area contributed by atoms with E-state index in [1.54, 1.807) is 0 Å². The summed E-state index contributed by atoms with van der Waals surface area (Å²) in [6.45, 7) is 1.92. The number of nitrogens with two attached hydrogens (primary N) is 1. The number of hydrogen-bond acceptors (Lipinski definition) is 4. The van der Waals surface area contributed by atoms with E-state index in [0.717, 1.165) is 25.9 Å². The third kappa shape index (κ3) is 5.65. The number of rotatable bonds is 5. The first-order valence-corrected chi connectivity index (χ1v) is 6.11. The molecule has 1 unspecified atom stereocenters. The van der Waals surface area contributed by atoms with Crippen LogP contribution in [-0.2, 0) is 14.3 Å². The van der Waals surface area contributed by atoms with Gasteiger partial charge in [0, 0.05) is 26.2 Å². The minimum Gasteiger partial charge on any atom is -0.378 e. The van der Waals surface area contributed by atoms with Gasteiger partial charge in [0.1, 0.15) is 0 Å². The van der Waals surface area contributed by atoms with E-state index in [-0.39, 0.29) is 6.10 Å². The quantitative estimate of drug-likeness (QED) is 0.548. The first-order chi connectivity index (χ1) is 8.24. The second kappa shape index (κ2) is 8.03. The van der Waals surface area contributed by atoms with Crippen molar-refractivity contribution in [2.24, 2.45) is 5.73 Å². The maximum absolute atomic E-state index is 11.3. The Hall–Kier alpha value is -1.14. The molecule has 1 saturated heterocycles. The van der Waals surface area contributed by atoms with Crippen LogP contribution in [0.25, 0.3) is 0 Å². The van der Waals surface area contributed by atoms with Gasteiger partial charge in [0.25, 0.3) is 0 Å². The minimum atomic E-state index is -0.625. The van der Waals surface area contributed by atoms with Gasteiger partial charge in [-0.2, -0.15) is 0 Å². The lowest BCUT2D eigenvalue weighted by molar-refractivity contribution is -0.139. The van der Waals surface area contributed by atoms with Crippen molar-refractivity contribution in [3.05, 3.63) is 0 Å². The average Bonchev–Trinajstić information content (AvgIpc) is 2.37. The summed E-state index contributed by atoms with van der Waals surface area (Å²) in [5, 5.41) is 4.98. The standard InChI is InChI=1S/C11H21N3O3/c12-5-7-14-11(16)10(15)13-6-4-9-3-1-2-8-17-9/h9H,1-8,12H2,(H,13,15)(H,14,16). The summed E-state index contributed by atoms with van der Waals surface area (Å²) in [6.07, 6.45) is 4.31. The van der Waals surface area contributed by atoms with Gasteiger partial charge in [-0.15, -0.1) is 0 Å². The molecule has 98 valence electrons. The Balaban J connectivity index is 2.08. The molecule has 6 nitrogen and oxygen atoms in total. The molecule has 1 aliphatic heterocycles. The van der Waals surface area contributed by atoms with Crippen LogP contribution in [0.5, 0.6) is 0 Å². The topological polar surface area (TPSA) is 93.5 Å². The van der Waals surface area contributed by atoms with Crippen LogP contribution in [0.4, 0.5) is 0 Å². The van der Waals surface area contributed by atoms with Gasteiger partial charge in [0.2, 0.25) is 0 Å². The van der Waals surface area contributed by atoms with Gasteiger partial charge in [0.05, 0.1) is 6.10 Å². The molecule has 0 aromatic heterocycles. The Bertz CT molecular complexity index is 252. The van der Waals surface area contributed by atoms with Gasteiger partial charge in [-0.05, 0) is 25.7 Å². The van der Waals surface area contributed by atoms with Gasteiger partial charge in [-0.25, -0.2) is 0 Å². The molecule has 0 aromatic rings. The van der Waals surface area contributed by atoms with Crippen LogP contribution in [-0.4, -0.2) is 44.2 Å². The van der Waals surface area contributed by atoms with Crippen molar-refractivity contribution in [1.29, 1.82) is 0 Å². The SMILES string of the molecule is NCCNC(=O)C(=O)NCCC1CCCCO1. The summed E-state index contributed by atoms with van der Waals surface area (Å²) < 4.78 is 5.52. The molecule has 0 bridgehead atoms. The highest BCUT2D eigenvalue weighted by Gasteiger charge is 2.15. The summed E-state index contributed by atoms with van der Waals surface area (Å²) in [4.78, 5) is 22.5. The lowest BCUT2D eigenvalue weighted by Crippen LogP contribution is -2.42. The van der Waals surface area contributed by atoms with Gasteiger partial charge >= 0.3 is 11.8 Å². The predicted molar refractivity (Wildman–Crippen MR) is 63.3 cm³/mol. The van der Waals surface area contributed by atoms with Crippen LogP contribution in [0.2, 0.25) is 0 Å². The molecule has 0 saturated carbocycles. The molecular formula is C11H21N3O3. The molecule has 0 aliphatic carbocycles. The smallest absolute Gasteiger partial charge is 0.309 e. The normalized spacial score (nSPS) is 19.7. The van der Waals surface area contributed by atoms with Crippen LogP contribution in [0, 0.1) is 0 Å². The minimum absolute atomic E-state index is 0.219. The third-order valence-corrected chi connectivity index (χ3v) is 2.66. The van der Waals surface area contributed by atoms with E-state index < -0.39 is 11.8 Å². The molecule has 4 N–H and O–H groups in total. The van der Waals surface area contributed by atoms with Crippen molar-refractivity contribution in [2.45, 2.75) is 31.8 Å². The lowest BCUT2D eigenvalue weighted by Gasteiger charge is -2.22. The Morgan fingerprint density at radius 2 is 1.88 bits per heavy atom. The van der Waals surface area contributed by atoms with E-state index in [0.29, 0.717) is 19.6 Å². The number of nitrogens with one attached hydrogen (secondary N) is 2. The van der Waals surface area contributed by atoms with Crippen LogP contribution < -0.4 is 16.4 Å². The highest BCUT2D eigenvalue weighted by atomic mass is 16.5. The van der Waals surface area contributed by atoms with Crippen molar-refractivity contribution < 1.29 is 14.3 Å². The molecule has 1 rings (SSSR count). The molecule has 1 heterocycles. The van der Waals surface area contributed by atoms with Crippen molar-refractivity contribution in [3.63, 3.8) is 0 Å². The van der Waals surface area contributed by atoms with Crippen molar-refractivity contribution in [1.82, 2.24) is 10.6 Å². The second-order valence-electron chi connectivity index (χ2n) is 4.08. The van der Waals surface area contributed by atoms with Gasteiger partial charge in [0.15, 0.2) is 0 Å². The molecule has 1 fully saturated rings. The highest BCUT2D eigenvalue weighted by molar-refractivity contribution is 6.35. The van der Waals surface area contributed by atoms with E-state index in [4.69, 9.17) is 10.5 Å². The molecule has 17 heavy (non-hydrogen) atoms. The van der Waals surface area contributed by atoms with E-state index in [1.807, 2.05) is 0 Å². The number of carbonyl (C=O) groups excluding carboxylic acids is 2. The molecule has 1 aliphatic rings. The van der Waals surface area contributed by atoms with Gasteiger partial charge < -0.3 is 21.1 Å². The van der Waals surface area contributed by atoms with Crippen LogP contribution in [0.3, 0.4) is 0 Å². The molecule has 6 heteroatoms.